The predicted octanol–water partition coefficient (Wildman–Crippen LogP) is 2.41. The number of nitrogens with one attached hydrogen (secondary N) is 1. The molecule has 0 saturated carbocycles. The summed E-state index contributed by atoms with van der Waals surface area (Å²) in [6.07, 6.45) is 0.311. The van der Waals surface area contributed by atoms with Gasteiger partial charge in [-0.1, -0.05) is 0 Å². The van der Waals surface area contributed by atoms with E-state index in [9.17, 15) is 26.0 Å². The van der Waals surface area contributed by atoms with Crippen molar-refractivity contribution in [2.24, 2.45) is 0 Å². The number of amides is 1. The van der Waals surface area contributed by atoms with Gasteiger partial charge in [0.1, 0.15) is 5.82 Å². The van der Waals surface area contributed by atoms with E-state index < -0.39 is 30.9 Å². The highest BCUT2D eigenvalue weighted by atomic mass is 32.2. The number of anilines is 1. The van der Waals surface area contributed by atoms with Crippen LogP contribution in [0.15, 0.2) is 58.3 Å². The summed E-state index contributed by atoms with van der Waals surface area (Å²) in [4.78, 5) is 11.2. The van der Waals surface area contributed by atoms with Crippen LogP contribution in [0.4, 0.5) is 10.1 Å². The first kappa shape index (κ1) is 21.4. The molecule has 1 heterocycles. The second-order valence-corrected chi connectivity index (χ2v) is 11.0. The zero-order valence-electron chi connectivity index (χ0n) is 15.7. The van der Waals surface area contributed by atoms with Gasteiger partial charge in [-0.25, -0.2) is 21.2 Å². The van der Waals surface area contributed by atoms with Gasteiger partial charge in [-0.3, -0.25) is 4.79 Å². The summed E-state index contributed by atoms with van der Waals surface area (Å²) in [5, 5.41) is 1.85. The van der Waals surface area contributed by atoms with Crippen LogP contribution < -0.4 is 5.32 Å². The van der Waals surface area contributed by atoms with E-state index in [1.807, 2.05) is 0 Å². The maximum Gasteiger partial charge on any atom is 0.243 e. The number of nitrogens with zero attached hydrogens (tertiary/aromatic N) is 1. The summed E-state index contributed by atoms with van der Waals surface area (Å²) in [6, 6.07) is 10.5. The molecule has 0 spiro atoms. The van der Waals surface area contributed by atoms with E-state index in [-0.39, 0.29) is 41.6 Å². The molecule has 1 fully saturated rings. The van der Waals surface area contributed by atoms with Crippen LogP contribution in [0.1, 0.15) is 19.8 Å². The lowest BCUT2D eigenvalue weighted by atomic mass is 10.2. The van der Waals surface area contributed by atoms with Gasteiger partial charge in [0, 0.05) is 25.7 Å². The summed E-state index contributed by atoms with van der Waals surface area (Å²) in [5.74, 6) is -0.778. The molecule has 2 aromatic rings. The standard InChI is InChI=1S/C19H21FN2O5S2/c1-14(23)21-16-4-8-19(9-5-16)29(26,27)22-12-10-18(11-13-22)28(24,25)17-6-2-15(20)3-7-17/h2-9,18H,10-13H2,1H3,(H,21,23). The van der Waals surface area contributed by atoms with Gasteiger partial charge in [0.25, 0.3) is 0 Å². The molecule has 0 aromatic heterocycles. The van der Waals surface area contributed by atoms with Crippen molar-refractivity contribution in [2.45, 2.75) is 34.8 Å². The Morgan fingerprint density at radius 2 is 1.45 bits per heavy atom. The number of hydrogen-bond acceptors (Lipinski definition) is 5. The number of piperidine rings is 1. The minimum absolute atomic E-state index is 0.0359. The van der Waals surface area contributed by atoms with Gasteiger partial charge in [0.2, 0.25) is 15.9 Å². The quantitative estimate of drug-likeness (QED) is 0.720. The van der Waals surface area contributed by atoms with E-state index in [1.165, 1.54) is 47.6 Å². The van der Waals surface area contributed by atoms with Crippen LogP contribution >= 0.6 is 0 Å². The first-order valence-electron chi connectivity index (χ1n) is 8.98. The van der Waals surface area contributed by atoms with Gasteiger partial charge < -0.3 is 5.32 Å². The van der Waals surface area contributed by atoms with Gasteiger partial charge in [0.15, 0.2) is 9.84 Å². The van der Waals surface area contributed by atoms with E-state index >= 15 is 0 Å². The molecule has 29 heavy (non-hydrogen) atoms. The third-order valence-electron chi connectivity index (χ3n) is 4.79. The zero-order chi connectivity index (χ0) is 21.2. The molecule has 2 aromatic carbocycles. The molecular formula is C19H21FN2O5S2. The summed E-state index contributed by atoms with van der Waals surface area (Å²) < 4.78 is 65.4. The fraction of sp³-hybridized carbons (Fsp3) is 0.316. The minimum Gasteiger partial charge on any atom is -0.326 e. The molecule has 0 unspecified atom stereocenters. The maximum absolute atomic E-state index is 13.1. The third-order valence-corrected chi connectivity index (χ3v) is 8.99. The lowest BCUT2D eigenvalue weighted by Crippen LogP contribution is -2.42. The molecule has 0 aliphatic carbocycles. The van der Waals surface area contributed by atoms with Crippen molar-refractivity contribution < 1.29 is 26.0 Å². The topological polar surface area (TPSA) is 101 Å². The predicted molar refractivity (Wildman–Crippen MR) is 106 cm³/mol. The number of benzene rings is 2. The van der Waals surface area contributed by atoms with Crippen molar-refractivity contribution >= 4 is 31.5 Å². The molecule has 0 radical (unpaired) electrons. The molecule has 10 heteroatoms. The number of carbonyl (C=O) groups excluding carboxylic acids is 1. The normalized spacial score (nSPS) is 16.5. The van der Waals surface area contributed by atoms with Crippen molar-refractivity contribution in [2.75, 3.05) is 18.4 Å². The lowest BCUT2D eigenvalue weighted by Gasteiger charge is -2.31. The molecule has 156 valence electrons. The Morgan fingerprint density at radius 3 is 1.97 bits per heavy atom. The van der Waals surface area contributed by atoms with E-state index in [2.05, 4.69) is 5.32 Å². The third kappa shape index (κ3) is 4.65. The highest BCUT2D eigenvalue weighted by Crippen LogP contribution is 2.28. The lowest BCUT2D eigenvalue weighted by molar-refractivity contribution is -0.114. The van der Waals surface area contributed by atoms with Crippen LogP contribution in [0.5, 0.6) is 0 Å². The van der Waals surface area contributed by atoms with E-state index in [1.54, 1.807) is 0 Å². The Hall–Kier alpha value is -2.30. The van der Waals surface area contributed by atoms with Crippen LogP contribution in [0.3, 0.4) is 0 Å². The average molecular weight is 441 g/mol. The largest absolute Gasteiger partial charge is 0.326 e. The van der Waals surface area contributed by atoms with E-state index in [4.69, 9.17) is 0 Å². The van der Waals surface area contributed by atoms with Gasteiger partial charge in [0.05, 0.1) is 15.0 Å². The summed E-state index contributed by atoms with van der Waals surface area (Å²) in [5.41, 5.74) is 0.487. The molecule has 7 nitrogen and oxygen atoms in total. The van der Waals surface area contributed by atoms with E-state index in [0.29, 0.717) is 5.69 Å². The highest BCUT2D eigenvalue weighted by Gasteiger charge is 2.35. The zero-order valence-corrected chi connectivity index (χ0v) is 17.3. The summed E-state index contributed by atoms with van der Waals surface area (Å²) in [6.45, 7) is 1.50. The average Bonchev–Trinajstić information content (AvgIpc) is 2.68. The van der Waals surface area contributed by atoms with Crippen LogP contribution in [0, 0.1) is 5.82 Å². The van der Waals surface area contributed by atoms with Crippen molar-refractivity contribution in [3.63, 3.8) is 0 Å². The molecule has 0 bridgehead atoms. The minimum atomic E-state index is -3.77. The SMILES string of the molecule is CC(=O)Nc1ccc(S(=O)(=O)N2CCC(S(=O)(=O)c3ccc(F)cc3)CC2)cc1. The number of sulfonamides is 1. The van der Waals surface area contributed by atoms with Crippen molar-refractivity contribution in [3.05, 3.63) is 54.3 Å². The van der Waals surface area contributed by atoms with Gasteiger partial charge in [-0.05, 0) is 61.4 Å². The van der Waals surface area contributed by atoms with Crippen LogP contribution in [0.2, 0.25) is 0 Å². The van der Waals surface area contributed by atoms with Gasteiger partial charge in [-0.15, -0.1) is 0 Å². The van der Waals surface area contributed by atoms with Crippen molar-refractivity contribution in [1.29, 1.82) is 0 Å². The second-order valence-electron chi connectivity index (χ2n) is 6.81. The Bertz CT molecular complexity index is 1090. The fourth-order valence-electron chi connectivity index (χ4n) is 3.26. The molecule has 1 amide bonds. The number of carbonyl (C=O) groups is 1. The maximum atomic E-state index is 13.1. The second kappa shape index (κ2) is 8.21. The molecule has 1 saturated heterocycles. The smallest absolute Gasteiger partial charge is 0.243 e. The molecule has 1 aliphatic rings. The molecule has 3 rings (SSSR count). The number of rotatable bonds is 5. The number of halogens is 1. The summed E-state index contributed by atoms with van der Waals surface area (Å²) >= 11 is 0. The molecule has 1 aliphatic heterocycles. The number of sulfone groups is 1. The first-order valence-corrected chi connectivity index (χ1v) is 12.0. The van der Waals surface area contributed by atoms with Crippen LogP contribution in [-0.4, -0.2) is 45.4 Å². The Labute approximate surface area is 169 Å². The Kier molecular flexibility index (Phi) is 6.06. The van der Waals surface area contributed by atoms with Gasteiger partial charge in [-0.2, -0.15) is 4.31 Å². The van der Waals surface area contributed by atoms with Crippen LogP contribution in [0.25, 0.3) is 0 Å². The van der Waals surface area contributed by atoms with Gasteiger partial charge >= 0.3 is 0 Å². The fourth-order valence-corrected chi connectivity index (χ4v) is 6.46. The first-order chi connectivity index (χ1) is 13.6. The molecule has 1 N–H and O–H groups in total. The monoisotopic (exact) mass is 440 g/mol. The number of hydrogen-bond donors (Lipinski definition) is 1. The van der Waals surface area contributed by atoms with Crippen molar-refractivity contribution in [3.8, 4) is 0 Å². The Morgan fingerprint density at radius 1 is 0.931 bits per heavy atom. The van der Waals surface area contributed by atoms with E-state index in [0.717, 1.165) is 12.1 Å². The highest BCUT2D eigenvalue weighted by molar-refractivity contribution is 7.92. The van der Waals surface area contributed by atoms with Crippen LogP contribution in [-0.2, 0) is 24.7 Å². The van der Waals surface area contributed by atoms with Crippen molar-refractivity contribution in [1.82, 2.24) is 4.31 Å². The Balaban J connectivity index is 1.71. The summed E-state index contributed by atoms with van der Waals surface area (Å²) in [7, 11) is -7.43. The molecular weight excluding hydrogens is 419 g/mol. The molecule has 0 atom stereocenters.